The second-order valence-corrected chi connectivity index (χ2v) is 10.6. The molecular weight excluding hydrogens is 319 g/mol. The van der Waals surface area contributed by atoms with Crippen LogP contribution < -0.4 is 15.9 Å². The predicted octanol–water partition coefficient (Wildman–Crippen LogP) is 3.95. The number of carbonyl (C=O) groups is 1. The topological polar surface area (TPSA) is 58.2 Å². The first-order valence-electron chi connectivity index (χ1n) is 9.04. The highest BCUT2D eigenvalue weighted by Crippen LogP contribution is 2.34. The van der Waals surface area contributed by atoms with Crippen LogP contribution in [0, 0.1) is 11.8 Å². The Kier molecular flexibility index (Phi) is 6.91. The molecule has 24 heavy (non-hydrogen) atoms. The van der Waals surface area contributed by atoms with Crippen molar-refractivity contribution in [3.8, 4) is 0 Å². The van der Waals surface area contributed by atoms with Gasteiger partial charge in [0.2, 0.25) is 0 Å². The Bertz CT molecular complexity index is 597. The van der Waals surface area contributed by atoms with E-state index in [0.29, 0.717) is 12.5 Å². The Balaban J connectivity index is 1.76. The molecule has 1 aliphatic rings. The smallest absolute Gasteiger partial charge is 0.315 e. The van der Waals surface area contributed by atoms with Gasteiger partial charge in [0.15, 0.2) is 0 Å². The second kappa shape index (κ2) is 8.71. The molecule has 0 bridgehead atoms. The molecule has 2 N–H and O–H groups in total. The highest BCUT2D eigenvalue weighted by Gasteiger charge is 2.21. The summed E-state index contributed by atoms with van der Waals surface area (Å²) in [6.07, 6.45) is 6.33. The van der Waals surface area contributed by atoms with Crippen molar-refractivity contribution in [2.24, 2.45) is 11.8 Å². The summed E-state index contributed by atoms with van der Waals surface area (Å²) >= 11 is 0. The highest BCUT2D eigenvalue weighted by atomic mass is 31.2. The van der Waals surface area contributed by atoms with E-state index in [-0.39, 0.29) is 6.03 Å². The Hall–Kier alpha value is -1.28. The SMILES string of the molecule is CCC1CCCC(CNC(=O)NCc2cccc(P(C)(C)=O)c2)C1. The van der Waals surface area contributed by atoms with Crippen LogP contribution in [0.15, 0.2) is 24.3 Å². The predicted molar refractivity (Wildman–Crippen MR) is 102 cm³/mol. The molecule has 2 amide bonds. The Morgan fingerprint density at radius 3 is 2.67 bits per heavy atom. The quantitative estimate of drug-likeness (QED) is 0.763. The third-order valence-electron chi connectivity index (χ3n) is 5.01. The fourth-order valence-corrected chi connectivity index (χ4v) is 4.36. The minimum atomic E-state index is -2.26. The van der Waals surface area contributed by atoms with E-state index in [1.807, 2.05) is 24.3 Å². The van der Waals surface area contributed by atoms with Crippen molar-refractivity contribution < 1.29 is 9.36 Å². The number of rotatable bonds is 6. The molecule has 2 atom stereocenters. The summed E-state index contributed by atoms with van der Waals surface area (Å²) in [5, 5.41) is 6.77. The minimum Gasteiger partial charge on any atom is -0.338 e. The lowest BCUT2D eigenvalue weighted by Gasteiger charge is -2.28. The van der Waals surface area contributed by atoms with E-state index in [0.717, 1.165) is 23.3 Å². The van der Waals surface area contributed by atoms with E-state index in [1.54, 1.807) is 13.3 Å². The minimum absolute atomic E-state index is 0.116. The van der Waals surface area contributed by atoms with Gasteiger partial charge in [-0.2, -0.15) is 0 Å². The largest absolute Gasteiger partial charge is 0.338 e. The summed E-state index contributed by atoms with van der Waals surface area (Å²) in [6.45, 7) is 7.01. The molecule has 0 saturated heterocycles. The molecule has 1 fully saturated rings. The Labute approximate surface area is 146 Å². The number of urea groups is 1. The molecular formula is C19H31N2O2P. The number of amides is 2. The van der Waals surface area contributed by atoms with E-state index in [4.69, 9.17) is 0 Å². The van der Waals surface area contributed by atoms with Gasteiger partial charge in [0.05, 0.1) is 0 Å². The first-order valence-corrected chi connectivity index (χ1v) is 11.6. The zero-order valence-corrected chi connectivity index (χ0v) is 16.1. The molecule has 134 valence electrons. The van der Waals surface area contributed by atoms with Crippen LogP contribution in [-0.2, 0) is 11.1 Å². The highest BCUT2D eigenvalue weighted by molar-refractivity contribution is 7.70. The van der Waals surface area contributed by atoms with Gasteiger partial charge in [0.1, 0.15) is 7.14 Å². The van der Waals surface area contributed by atoms with Crippen LogP contribution >= 0.6 is 7.14 Å². The summed E-state index contributed by atoms with van der Waals surface area (Å²) in [6, 6.07) is 7.55. The fourth-order valence-electron chi connectivity index (χ4n) is 3.44. The maximum absolute atomic E-state index is 12.1. The van der Waals surface area contributed by atoms with Gasteiger partial charge in [0.25, 0.3) is 0 Å². The summed E-state index contributed by atoms with van der Waals surface area (Å²) < 4.78 is 12.1. The fraction of sp³-hybridized carbons (Fsp3) is 0.632. The first-order chi connectivity index (χ1) is 11.4. The summed E-state index contributed by atoms with van der Waals surface area (Å²) in [7, 11) is -2.26. The lowest BCUT2D eigenvalue weighted by molar-refractivity contribution is 0.227. The molecule has 1 saturated carbocycles. The van der Waals surface area contributed by atoms with Crippen LogP contribution in [0.2, 0.25) is 0 Å². The monoisotopic (exact) mass is 350 g/mol. The third-order valence-corrected chi connectivity index (χ3v) is 6.53. The summed E-state index contributed by atoms with van der Waals surface area (Å²) in [5.41, 5.74) is 0.982. The van der Waals surface area contributed by atoms with Gasteiger partial charge in [-0.05, 0) is 49.6 Å². The molecule has 0 radical (unpaired) electrons. The number of benzene rings is 1. The molecule has 2 unspecified atom stereocenters. The van der Waals surface area contributed by atoms with E-state index in [2.05, 4.69) is 17.6 Å². The van der Waals surface area contributed by atoms with Gasteiger partial charge in [-0.15, -0.1) is 0 Å². The van der Waals surface area contributed by atoms with E-state index >= 15 is 0 Å². The van der Waals surface area contributed by atoms with Gasteiger partial charge in [0, 0.05) is 18.4 Å². The van der Waals surface area contributed by atoms with E-state index in [1.165, 1.54) is 32.1 Å². The molecule has 4 nitrogen and oxygen atoms in total. The van der Waals surface area contributed by atoms with Crippen LogP contribution in [0.3, 0.4) is 0 Å². The number of carbonyl (C=O) groups excluding carboxylic acids is 1. The van der Waals surface area contributed by atoms with Crippen molar-refractivity contribution in [2.75, 3.05) is 19.9 Å². The van der Waals surface area contributed by atoms with Crippen molar-refractivity contribution in [2.45, 2.75) is 45.6 Å². The van der Waals surface area contributed by atoms with Gasteiger partial charge < -0.3 is 15.2 Å². The average Bonchev–Trinajstić information content (AvgIpc) is 2.58. The number of hydrogen-bond acceptors (Lipinski definition) is 2. The first kappa shape index (κ1) is 19.1. The zero-order valence-electron chi connectivity index (χ0n) is 15.2. The lowest BCUT2D eigenvalue weighted by Crippen LogP contribution is -2.38. The van der Waals surface area contributed by atoms with Gasteiger partial charge >= 0.3 is 6.03 Å². The van der Waals surface area contributed by atoms with Crippen LogP contribution in [-0.4, -0.2) is 25.9 Å². The summed E-state index contributed by atoms with van der Waals surface area (Å²) in [5.74, 6) is 1.44. The van der Waals surface area contributed by atoms with Gasteiger partial charge in [-0.25, -0.2) is 4.79 Å². The van der Waals surface area contributed by atoms with E-state index < -0.39 is 7.14 Å². The van der Waals surface area contributed by atoms with Crippen molar-refractivity contribution >= 4 is 18.5 Å². The van der Waals surface area contributed by atoms with Crippen LogP contribution in [0.1, 0.15) is 44.6 Å². The maximum atomic E-state index is 12.1. The Morgan fingerprint density at radius 1 is 1.21 bits per heavy atom. The molecule has 5 heteroatoms. The number of hydrogen-bond donors (Lipinski definition) is 2. The molecule has 1 aliphatic carbocycles. The van der Waals surface area contributed by atoms with Crippen molar-refractivity contribution in [1.82, 2.24) is 10.6 Å². The van der Waals surface area contributed by atoms with E-state index in [9.17, 15) is 9.36 Å². The third kappa shape index (κ3) is 5.98. The van der Waals surface area contributed by atoms with Crippen LogP contribution in [0.25, 0.3) is 0 Å². The van der Waals surface area contributed by atoms with Crippen molar-refractivity contribution in [1.29, 1.82) is 0 Å². The van der Waals surface area contributed by atoms with Gasteiger partial charge in [-0.1, -0.05) is 44.4 Å². The standard InChI is InChI=1S/C19H31N2O2P/c1-4-15-7-5-8-16(11-15)13-20-19(22)21-14-17-9-6-10-18(12-17)24(2,3)23/h6,9-10,12,15-16H,4-5,7-8,11,13-14H2,1-3H3,(H2,20,21,22). The van der Waals surface area contributed by atoms with Gasteiger partial charge in [-0.3, -0.25) is 0 Å². The number of nitrogens with one attached hydrogen (secondary N) is 2. The average molecular weight is 350 g/mol. The van der Waals surface area contributed by atoms with Crippen molar-refractivity contribution in [3.05, 3.63) is 29.8 Å². The normalized spacial score (nSPS) is 21.3. The Morgan fingerprint density at radius 2 is 1.96 bits per heavy atom. The van der Waals surface area contributed by atoms with Crippen LogP contribution in [0.4, 0.5) is 4.79 Å². The molecule has 0 spiro atoms. The molecule has 0 heterocycles. The van der Waals surface area contributed by atoms with Crippen molar-refractivity contribution in [3.63, 3.8) is 0 Å². The lowest BCUT2D eigenvalue weighted by atomic mass is 9.80. The summed E-state index contributed by atoms with van der Waals surface area (Å²) in [4.78, 5) is 12.0. The molecule has 0 aliphatic heterocycles. The molecule has 0 aromatic heterocycles. The maximum Gasteiger partial charge on any atom is 0.315 e. The molecule has 1 aromatic carbocycles. The van der Waals surface area contributed by atoms with Crippen LogP contribution in [0.5, 0.6) is 0 Å². The second-order valence-electron chi connectivity index (χ2n) is 7.39. The molecule has 1 aromatic rings. The zero-order chi connectivity index (χ0) is 17.6. The molecule has 2 rings (SSSR count).